The SMILES string of the molecule is NCC1CCN(S(=O)(=O)c2ncccn2)CC1. The van der Waals surface area contributed by atoms with Gasteiger partial charge in [-0.15, -0.1) is 0 Å². The molecule has 1 aliphatic rings. The number of hydrogen-bond donors (Lipinski definition) is 1. The van der Waals surface area contributed by atoms with Crippen LogP contribution in [0.4, 0.5) is 0 Å². The first-order valence-electron chi connectivity index (χ1n) is 5.62. The van der Waals surface area contributed by atoms with E-state index < -0.39 is 10.0 Å². The smallest absolute Gasteiger partial charge is 0.278 e. The minimum Gasteiger partial charge on any atom is -0.330 e. The van der Waals surface area contributed by atoms with Crippen LogP contribution in [-0.4, -0.2) is 42.3 Å². The maximum absolute atomic E-state index is 12.2. The summed E-state index contributed by atoms with van der Waals surface area (Å²) in [4.78, 5) is 7.60. The topological polar surface area (TPSA) is 89.2 Å². The second-order valence-electron chi connectivity index (χ2n) is 4.11. The Hall–Kier alpha value is -1.05. The van der Waals surface area contributed by atoms with E-state index >= 15 is 0 Å². The van der Waals surface area contributed by atoms with E-state index in [4.69, 9.17) is 5.73 Å². The lowest BCUT2D eigenvalue weighted by molar-refractivity contribution is 0.277. The van der Waals surface area contributed by atoms with Crippen LogP contribution in [0.2, 0.25) is 0 Å². The van der Waals surface area contributed by atoms with Gasteiger partial charge < -0.3 is 5.73 Å². The van der Waals surface area contributed by atoms with Crippen molar-refractivity contribution in [2.75, 3.05) is 19.6 Å². The second kappa shape index (κ2) is 5.07. The third-order valence-corrected chi connectivity index (χ3v) is 4.74. The van der Waals surface area contributed by atoms with Crippen LogP contribution in [0.1, 0.15) is 12.8 Å². The van der Waals surface area contributed by atoms with Gasteiger partial charge in [-0.25, -0.2) is 18.4 Å². The molecule has 1 fully saturated rings. The van der Waals surface area contributed by atoms with Crippen LogP contribution in [0.15, 0.2) is 23.6 Å². The molecule has 7 heteroatoms. The van der Waals surface area contributed by atoms with Crippen LogP contribution in [0.3, 0.4) is 0 Å². The van der Waals surface area contributed by atoms with Gasteiger partial charge in [0, 0.05) is 25.5 Å². The fourth-order valence-electron chi connectivity index (χ4n) is 1.92. The Morgan fingerprint density at radius 2 is 1.88 bits per heavy atom. The van der Waals surface area contributed by atoms with Gasteiger partial charge in [0.25, 0.3) is 15.2 Å². The number of sulfonamides is 1. The first-order chi connectivity index (χ1) is 8.14. The van der Waals surface area contributed by atoms with Crippen LogP contribution in [0, 0.1) is 5.92 Å². The molecule has 0 spiro atoms. The summed E-state index contributed by atoms with van der Waals surface area (Å²) in [5, 5.41) is -0.119. The lowest BCUT2D eigenvalue weighted by Gasteiger charge is -2.29. The molecule has 0 atom stereocenters. The molecule has 0 unspecified atom stereocenters. The highest BCUT2D eigenvalue weighted by atomic mass is 32.2. The van der Waals surface area contributed by atoms with Gasteiger partial charge in [-0.05, 0) is 31.4 Å². The monoisotopic (exact) mass is 256 g/mol. The molecule has 1 aliphatic heterocycles. The highest BCUT2D eigenvalue weighted by molar-refractivity contribution is 7.88. The van der Waals surface area contributed by atoms with Gasteiger partial charge in [0.15, 0.2) is 0 Å². The molecule has 0 aliphatic carbocycles. The van der Waals surface area contributed by atoms with E-state index in [1.165, 1.54) is 16.7 Å². The zero-order valence-corrected chi connectivity index (χ0v) is 10.3. The van der Waals surface area contributed by atoms with Gasteiger partial charge in [0.1, 0.15) is 0 Å². The quantitative estimate of drug-likeness (QED) is 0.759. The second-order valence-corrected chi connectivity index (χ2v) is 5.95. The summed E-state index contributed by atoms with van der Waals surface area (Å²) in [6.45, 7) is 1.63. The van der Waals surface area contributed by atoms with Gasteiger partial charge in [-0.1, -0.05) is 0 Å². The number of rotatable bonds is 3. The summed E-state index contributed by atoms with van der Waals surface area (Å²) in [5.74, 6) is 0.429. The molecule has 94 valence electrons. The summed E-state index contributed by atoms with van der Waals surface area (Å²) in [6, 6.07) is 1.60. The fraction of sp³-hybridized carbons (Fsp3) is 0.600. The number of nitrogens with two attached hydrogens (primary N) is 1. The van der Waals surface area contributed by atoms with Gasteiger partial charge in [0.05, 0.1) is 0 Å². The summed E-state index contributed by atoms with van der Waals surface area (Å²) >= 11 is 0. The van der Waals surface area contributed by atoms with E-state index in [-0.39, 0.29) is 5.16 Å². The molecule has 0 radical (unpaired) electrons. The molecule has 0 bridgehead atoms. The van der Waals surface area contributed by atoms with Gasteiger partial charge >= 0.3 is 0 Å². The molecular weight excluding hydrogens is 240 g/mol. The third-order valence-electron chi connectivity index (χ3n) is 3.02. The molecule has 2 heterocycles. The number of piperidine rings is 1. The van der Waals surface area contributed by atoms with Crippen molar-refractivity contribution in [1.29, 1.82) is 0 Å². The van der Waals surface area contributed by atoms with E-state index in [1.54, 1.807) is 6.07 Å². The Morgan fingerprint density at radius 1 is 1.29 bits per heavy atom. The van der Waals surface area contributed by atoms with Crippen LogP contribution in [0.5, 0.6) is 0 Å². The van der Waals surface area contributed by atoms with Crippen LogP contribution < -0.4 is 5.73 Å². The molecule has 1 aromatic rings. The summed E-state index contributed by atoms with van der Waals surface area (Å²) in [7, 11) is -3.52. The molecule has 0 aromatic carbocycles. The Balaban J connectivity index is 2.13. The summed E-state index contributed by atoms with van der Waals surface area (Å²) in [6.07, 6.45) is 4.49. The largest absolute Gasteiger partial charge is 0.330 e. The standard InChI is InChI=1S/C10H16N4O2S/c11-8-9-2-6-14(7-3-9)17(15,16)10-12-4-1-5-13-10/h1,4-5,9H,2-3,6-8,11H2. The van der Waals surface area contributed by atoms with Gasteiger partial charge in [0.2, 0.25) is 0 Å². The van der Waals surface area contributed by atoms with Crippen molar-refractivity contribution in [2.24, 2.45) is 11.7 Å². The lowest BCUT2D eigenvalue weighted by Crippen LogP contribution is -2.40. The molecule has 2 rings (SSSR count). The first-order valence-corrected chi connectivity index (χ1v) is 7.06. The number of nitrogens with zero attached hydrogens (tertiary/aromatic N) is 3. The van der Waals surface area contributed by atoms with Crippen molar-refractivity contribution in [1.82, 2.24) is 14.3 Å². The van der Waals surface area contributed by atoms with Crippen molar-refractivity contribution >= 4 is 10.0 Å². The van der Waals surface area contributed by atoms with E-state index in [1.807, 2.05) is 0 Å². The molecule has 0 saturated carbocycles. The van der Waals surface area contributed by atoms with Crippen molar-refractivity contribution in [3.8, 4) is 0 Å². The summed E-state index contributed by atoms with van der Waals surface area (Å²) in [5.41, 5.74) is 5.58. The highest BCUT2D eigenvalue weighted by Crippen LogP contribution is 2.20. The van der Waals surface area contributed by atoms with Crippen LogP contribution in [0.25, 0.3) is 0 Å². The van der Waals surface area contributed by atoms with Gasteiger partial charge in [-0.2, -0.15) is 4.31 Å². The average Bonchev–Trinajstić information content (AvgIpc) is 2.40. The lowest BCUT2D eigenvalue weighted by atomic mass is 9.99. The van der Waals surface area contributed by atoms with Gasteiger partial charge in [-0.3, -0.25) is 0 Å². The zero-order valence-electron chi connectivity index (χ0n) is 9.49. The Bertz CT molecular complexity index is 454. The van der Waals surface area contributed by atoms with Crippen molar-refractivity contribution in [3.05, 3.63) is 18.5 Å². The van der Waals surface area contributed by atoms with Crippen LogP contribution >= 0.6 is 0 Å². The average molecular weight is 256 g/mol. The van der Waals surface area contributed by atoms with E-state index in [9.17, 15) is 8.42 Å². The minimum atomic E-state index is -3.52. The fourth-order valence-corrected chi connectivity index (χ4v) is 3.23. The third kappa shape index (κ3) is 2.62. The molecule has 6 nitrogen and oxygen atoms in total. The first kappa shape index (κ1) is 12.4. The molecule has 1 saturated heterocycles. The Morgan fingerprint density at radius 3 is 2.41 bits per heavy atom. The molecule has 1 aromatic heterocycles. The zero-order chi connectivity index (χ0) is 12.3. The van der Waals surface area contributed by atoms with Crippen molar-refractivity contribution in [3.63, 3.8) is 0 Å². The molecule has 0 amide bonds. The predicted molar refractivity (Wildman–Crippen MR) is 62.6 cm³/mol. The maximum Gasteiger partial charge on any atom is 0.278 e. The minimum absolute atomic E-state index is 0.119. The van der Waals surface area contributed by atoms with Crippen molar-refractivity contribution < 1.29 is 8.42 Å². The molecule has 17 heavy (non-hydrogen) atoms. The van der Waals surface area contributed by atoms with E-state index in [0.29, 0.717) is 25.6 Å². The van der Waals surface area contributed by atoms with E-state index in [2.05, 4.69) is 9.97 Å². The molecular formula is C10H16N4O2S. The maximum atomic E-state index is 12.2. The number of hydrogen-bond acceptors (Lipinski definition) is 5. The number of aromatic nitrogens is 2. The van der Waals surface area contributed by atoms with E-state index in [0.717, 1.165) is 12.8 Å². The predicted octanol–water partition coefficient (Wildman–Crippen LogP) is -0.164. The van der Waals surface area contributed by atoms with Crippen molar-refractivity contribution in [2.45, 2.75) is 18.0 Å². The summed E-state index contributed by atoms with van der Waals surface area (Å²) < 4.78 is 25.7. The normalized spacial score (nSPS) is 19.4. The van der Waals surface area contributed by atoms with Crippen LogP contribution in [-0.2, 0) is 10.0 Å². The Kier molecular flexibility index (Phi) is 3.70. The highest BCUT2D eigenvalue weighted by Gasteiger charge is 2.30. The Labute approximate surface area is 101 Å². The molecule has 2 N–H and O–H groups in total.